The molecule has 2 N–H and O–H groups in total. The molecule has 2 amide bonds. The first-order valence-corrected chi connectivity index (χ1v) is 11.3. The van der Waals surface area contributed by atoms with Crippen molar-refractivity contribution in [3.8, 4) is 5.88 Å². The first kappa shape index (κ1) is 22.2. The molecule has 2 heterocycles. The van der Waals surface area contributed by atoms with Crippen molar-refractivity contribution in [2.24, 2.45) is 5.92 Å². The molecule has 0 aliphatic heterocycles. The topological polar surface area (TPSA) is 102 Å². The second kappa shape index (κ2) is 9.62. The molecule has 1 aliphatic carbocycles. The fourth-order valence-electron chi connectivity index (χ4n) is 3.64. The van der Waals surface area contributed by atoms with Gasteiger partial charge in [-0.3, -0.25) is 9.59 Å². The van der Waals surface area contributed by atoms with Gasteiger partial charge in [-0.25, -0.2) is 4.98 Å². The van der Waals surface area contributed by atoms with Gasteiger partial charge in [0, 0.05) is 25.3 Å². The van der Waals surface area contributed by atoms with Gasteiger partial charge in [-0.15, -0.1) is 11.3 Å². The first-order chi connectivity index (χ1) is 15.5. The van der Waals surface area contributed by atoms with Crippen LogP contribution in [0, 0.1) is 12.8 Å². The fraction of sp³-hybridized carbons (Fsp3) is 0.391. The molecule has 32 heavy (non-hydrogen) atoms. The van der Waals surface area contributed by atoms with Gasteiger partial charge in [0.2, 0.25) is 11.8 Å². The minimum Gasteiger partial charge on any atom is -0.480 e. The highest BCUT2D eigenvalue weighted by Crippen LogP contribution is 2.35. The van der Waals surface area contributed by atoms with E-state index in [1.165, 1.54) is 11.3 Å². The molecule has 9 heteroatoms. The largest absolute Gasteiger partial charge is 0.480 e. The maximum absolute atomic E-state index is 12.9. The van der Waals surface area contributed by atoms with Crippen LogP contribution >= 0.6 is 11.3 Å². The van der Waals surface area contributed by atoms with Crippen LogP contribution in [-0.4, -0.2) is 36.0 Å². The predicted octanol–water partition coefficient (Wildman–Crippen LogP) is 3.82. The molecule has 1 fully saturated rings. The number of anilines is 1. The van der Waals surface area contributed by atoms with Crippen LogP contribution < -0.4 is 15.4 Å². The summed E-state index contributed by atoms with van der Waals surface area (Å²) < 4.78 is 10.5. The van der Waals surface area contributed by atoms with E-state index in [0.717, 1.165) is 41.5 Å². The van der Waals surface area contributed by atoms with E-state index in [-0.39, 0.29) is 24.3 Å². The molecule has 8 nitrogen and oxygen atoms in total. The number of benzene rings is 1. The van der Waals surface area contributed by atoms with Crippen molar-refractivity contribution in [2.75, 3.05) is 19.5 Å². The number of carbonyl (C=O) groups is 2. The number of hydrogen-bond donors (Lipinski definition) is 2. The van der Waals surface area contributed by atoms with Crippen molar-refractivity contribution in [1.29, 1.82) is 0 Å². The van der Waals surface area contributed by atoms with E-state index in [9.17, 15) is 9.59 Å². The highest BCUT2D eigenvalue weighted by Gasteiger charge is 2.25. The van der Waals surface area contributed by atoms with Gasteiger partial charge in [-0.1, -0.05) is 18.6 Å². The van der Waals surface area contributed by atoms with E-state index >= 15 is 0 Å². The molecule has 0 atom stereocenters. The van der Waals surface area contributed by atoms with Gasteiger partial charge in [0.25, 0.3) is 5.91 Å². The van der Waals surface area contributed by atoms with Gasteiger partial charge < -0.3 is 20.1 Å². The molecule has 1 aromatic carbocycles. The van der Waals surface area contributed by atoms with Crippen molar-refractivity contribution in [3.05, 3.63) is 46.1 Å². The number of aromatic nitrogens is 2. The first-order valence-electron chi connectivity index (χ1n) is 10.5. The zero-order valence-corrected chi connectivity index (χ0v) is 19.2. The SMILES string of the molecule is COCc1nc(OC)c2c(C)c(C(=O)NCc3cccc(NC(=O)C4CCC4)c3)sc2n1. The number of amides is 2. The normalized spacial score (nSPS) is 13.6. The number of hydrogen-bond acceptors (Lipinski definition) is 7. The van der Waals surface area contributed by atoms with Gasteiger partial charge in [-0.2, -0.15) is 4.98 Å². The van der Waals surface area contributed by atoms with Crippen LogP contribution in [0.4, 0.5) is 5.69 Å². The molecule has 0 unspecified atom stereocenters. The van der Waals surface area contributed by atoms with Crippen LogP contribution in [0.2, 0.25) is 0 Å². The quantitative estimate of drug-likeness (QED) is 0.536. The van der Waals surface area contributed by atoms with Crippen molar-refractivity contribution in [3.63, 3.8) is 0 Å². The van der Waals surface area contributed by atoms with Crippen LogP contribution in [0.5, 0.6) is 5.88 Å². The van der Waals surface area contributed by atoms with Crippen LogP contribution in [0.3, 0.4) is 0 Å². The molecule has 0 spiro atoms. The van der Waals surface area contributed by atoms with Crippen molar-refractivity contribution in [1.82, 2.24) is 15.3 Å². The average molecular weight is 455 g/mol. The summed E-state index contributed by atoms with van der Waals surface area (Å²) in [6.45, 7) is 2.47. The lowest BCUT2D eigenvalue weighted by Crippen LogP contribution is -2.28. The Morgan fingerprint density at radius 2 is 2.03 bits per heavy atom. The lowest BCUT2D eigenvalue weighted by Gasteiger charge is -2.24. The third-order valence-electron chi connectivity index (χ3n) is 5.60. The lowest BCUT2D eigenvalue weighted by atomic mass is 9.85. The van der Waals surface area contributed by atoms with Gasteiger partial charge in [0.05, 0.1) is 17.4 Å². The van der Waals surface area contributed by atoms with Gasteiger partial charge in [-0.05, 0) is 43.0 Å². The minimum absolute atomic E-state index is 0.0706. The summed E-state index contributed by atoms with van der Waals surface area (Å²) in [5.74, 6) is 0.945. The summed E-state index contributed by atoms with van der Waals surface area (Å²) >= 11 is 1.30. The predicted molar refractivity (Wildman–Crippen MR) is 123 cm³/mol. The number of methoxy groups -OCH3 is 2. The minimum atomic E-state index is -0.190. The second-order valence-corrected chi connectivity index (χ2v) is 8.82. The molecule has 0 saturated heterocycles. The summed E-state index contributed by atoms with van der Waals surface area (Å²) in [6.07, 6.45) is 3.03. The summed E-state index contributed by atoms with van der Waals surface area (Å²) in [5, 5.41) is 6.67. The van der Waals surface area contributed by atoms with E-state index in [1.54, 1.807) is 14.2 Å². The zero-order valence-electron chi connectivity index (χ0n) is 18.4. The van der Waals surface area contributed by atoms with Gasteiger partial charge in [0.15, 0.2) is 5.82 Å². The number of nitrogens with one attached hydrogen (secondary N) is 2. The van der Waals surface area contributed by atoms with E-state index < -0.39 is 0 Å². The fourth-order valence-corrected chi connectivity index (χ4v) is 4.75. The summed E-state index contributed by atoms with van der Waals surface area (Å²) in [4.78, 5) is 35.3. The van der Waals surface area contributed by atoms with E-state index in [2.05, 4.69) is 20.6 Å². The molecule has 0 radical (unpaired) electrons. The van der Waals surface area contributed by atoms with E-state index in [1.807, 2.05) is 31.2 Å². The molecule has 4 rings (SSSR count). The van der Waals surface area contributed by atoms with Gasteiger partial charge >= 0.3 is 0 Å². The number of thiophene rings is 1. The number of fused-ring (bicyclic) bond motifs is 1. The highest BCUT2D eigenvalue weighted by atomic mass is 32.1. The zero-order chi connectivity index (χ0) is 22.7. The van der Waals surface area contributed by atoms with Crippen molar-refractivity contribution in [2.45, 2.75) is 39.3 Å². The third kappa shape index (κ3) is 4.58. The van der Waals surface area contributed by atoms with Crippen molar-refractivity contribution < 1.29 is 19.1 Å². The Bertz CT molecular complexity index is 1160. The van der Waals surface area contributed by atoms with E-state index in [0.29, 0.717) is 28.0 Å². The Hall–Kier alpha value is -3.04. The third-order valence-corrected chi connectivity index (χ3v) is 6.78. The smallest absolute Gasteiger partial charge is 0.261 e. The highest BCUT2D eigenvalue weighted by molar-refractivity contribution is 7.20. The Labute approximate surface area is 190 Å². The monoisotopic (exact) mass is 454 g/mol. The van der Waals surface area contributed by atoms with E-state index in [4.69, 9.17) is 9.47 Å². The van der Waals surface area contributed by atoms with Crippen LogP contribution in [-0.2, 0) is 22.7 Å². The van der Waals surface area contributed by atoms with Crippen LogP contribution in [0.15, 0.2) is 24.3 Å². The number of aryl methyl sites for hydroxylation is 1. The average Bonchev–Trinajstić information content (AvgIpc) is 3.07. The Kier molecular flexibility index (Phi) is 6.66. The Morgan fingerprint density at radius 3 is 2.72 bits per heavy atom. The molecule has 2 aromatic heterocycles. The molecular weight excluding hydrogens is 428 g/mol. The lowest BCUT2D eigenvalue weighted by molar-refractivity contribution is -0.122. The number of rotatable bonds is 8. The van der Waals surface area contributed by atoms with Gasteiger partial charge in [0.1, 0.15) is 11.4 Å². The van der Waals surface area contributed by atoms with Crippen molar-refractivity contribution >= 4 is 39.1 Å². The maximum atomic E-state index is 12.9. The number of carbonyl (C=O) groups excluding carboxylic acids is 2. The molecular formula is C23H26N4O4S. The molecule has 1 aliphatic rings. The van der Waals surface area contributed by atoms with Crippen LogP contribution in [0.1, 0.15) is 45.9 Å². The summed E-state index contributed by atoms with van der Waals surface area (Å²) in [5.41, 5.74) is 2.44. The van der Waals surface area contributed by atoms with Crippen LogP contribution in [0.25, 0.3) is 10.2 Å². The number of nitrogens with zero attached hydrogens (tertiary/aromatic N) is 2. The summed E-state index contributed by atoms with van der Waals surface area (Å²) in [6, 6.07) is 7.55. The molecule has 0 bridgehead atoms. The molecule has 3 aromatic rings. The summed E-state index contributed by atoms with van der Waals surface area (Å²) in [7, 11) is 3.12. The maximum Gasteiger partial charge on any atom is 0.261 e. The second-order valence-electron chi connectivity index (χ2n) is 7.82. The number of ether oxygens (including phenoxy) is 2. The molecule has 1 saturated carbocycles. The molecule has 168 valence electrons. The standard InChI is InChI=1S/C23H26N4O4S/c1-13-18-22(31-3)26-17(12-30-2)27-23(18)32-19(13)21(29)24-11-14-6-4-9-16(10-14)25-20(28)15-7-5-8-15/h4,6,9-10,15H,5,7-8,11-12H2,1-3H3,(H,24,29)(H,25,28). The Balaban J connectivity index is 1.47. The Morgan fingerprint density at radius 1 is 1.22 bits per heavy atom.